The molecule has 134 valence electrons. The van der Waals surface area contributed by atoms with Crippen LogP contribution in [0.3, 0.4) is 0 Å². The third-order valence-electron chi connectivity index (χ3n) is 5.23. The van der Waals surface area contributed by atoms with Crippen LogP contribution in [0.4, 0.5) is 0 Å². The minimum absolute atomic E-state index is 0.269. The van der Waals surface area contributed by atoms with E-state index in [1.54, 1.807) is 14.2 Å². The van der Waals surface area contributed by atoms with Gasteiger partial charge in [0.2, 0.25) is 5.88 Å². The fourth-order valence-electron chi connectivity index (χ4n) is 3.74. The molecule has 0 aliphatic heterocycles. The molecule has 1 saturated carbocycles. The summed E-state index contributed by atoms with van der Waals surface area (Å²) < 4.78 is 10.8. The molecule has 25 heavy (non-hydrogen) atoms. The van der Waals surface area contributed by atoms with Gasteiger partial charge in [-0.05, 0) is 50.3 Å². The lowest BCUT2D eigenvalue weighted by molar-refractivity contribution is 0.0644. The summed E-state index contributed by atoms with van der Waals surface area (Å²) in [6.07, 6.45) is 5.17. The Labute approximate surface area is 148 Å². The van der Waals surface area contributed by atoms with Crippen molar-refractivity contribution in [3.8, 4) is 5.88 Å². The lowest BCUT2D eigenvalue weighted by atomic mass is 9.82. The van der Waals surface area contributed by atoms with Gasteiger partial charge in [0.25, 0.3) is 0 Å². The Morgan fingerprint density at radius 1 is 1.20 bits per heavy atom. The van der Waals surface area contributed by atoms with Gasteiger partial charge in [-0.1, -0.05) is 18.1 Å². The van der Waals surface area contributed by atoms with Crippen molar-refractivity contribution in [1.82, 2.24) is 4.98 Å². The number of ether oxygens (including phenoxy) is 2. The molecule has 0 bridgehead atoms. The predicted octanol–water partition coefficient (Wildman–Crippen LogP) is 4.19. The summed E-state index contributed by atoms with van der Waals surface area (Å²) in [4.78, 5) is 4.58. The molecule has 5 heteroatoms. The first-order chi connectivity index (χ1) is 12.2. The summed E-state index contributed by atoms with van der Waals surface area (Å²) in [6.45, 7) is 2.09. The van der Waals surface area contributed by atoms with Crippen molar-refractivity contribution < 1.29 is 14.7 Å². The van der Waals surface area contributed by atoms with Gasteiger partial charge in [-0.2, -0.15) is 0 Å². The maximum Gasteiger partial charge on any atom is 0.216 e. The number of benzene rings is 1. The molecule has 2 aromatic rings. The molecule has 1 fully saturated rings. The molecule has 0 amide bonds. The van der Waals surface area contributed by atoms with E-state index in [2.05, 4.69) is 29.2 Å². The van der Waals surface area contributed by atoms with Gasteiger partial charge in [0.05, 0.1) is 24.4 Å². The minimum atomic E-state index is 0.269. The summed E-state index contributed by atoms with van der Waals surface area (Å²) in [5, 5.41) is 14.3. The van der Waals surface area contributed by atoms with E-state index in [0.717, 1.165) is 59.8 Å². The fourth-order valence-corrected chi connectivity index (χ4v) is 3.74. The first-order valence-corrected chi connectivity index (χ1v) is 8.92. The second-order valence-corrected chi connectivity index (χ2v) is 6.61. The van der Waals surface area contributed by atoms with E-state index < -0.39 is 0 Å². The summed E-state index contributed by atoms with van der Waals surface area (Å²) in [5.41, 5.74) is 3.70. The highest BCUT2D eigenvalue weighted by molar-refractivity contribution is 6.04. The minimum Gasteiger partial charge on any atom is -0.481 e. The molecule has 0 spiro atoms. The lowest BCUT2D eigenvalue weighted by Crippen LogP contribution is -2.26. The quantitative estimate of drug-likeness (QED) is 0.503. The number of hydrogen-bond acceptors (Lipinski definition) is 5. The maximum atomic E-state index is 9.63. The van der Waals surface area contributed by atoms with Crippen LogP contribution in [0, 0.1) is 5.92 Å². The fraction of sp³-hybridized carbons (Fsp3) is 0.500. The predicted molar refractivity (Wildman–Crippen MR) is 98.8 cm³/mol. The standard InChI is InChI=1S/C20H26N2O3/c1-4-13-11-16-12-15(7-10-18(16)21-20(13)25-3)19(22-23)14-5-8-17(24-2)9-6-14/h7,10-12,14,17,23H,4-6,8-9H2,1-3H3/b22-19-. The van der Waals surface area contributed by atoms with E-state index in [1.807, 2.05) is 12.1 Å². The van der Waals surface area contributed by atoms with Crippen LogP contribution in [0.2, 0.25) is 0 Å². The zero-order valence-corrected chi connectivity index (χ0v) is 15.2. The van der Waals surface area contributed by atoms with E-state index in [1.165, 1.54) is 0 Å². The molecule has 1 aliphatic carbocycles. The maximum absolute atomic E-state index is 9.63. The Kier molecular flexibility index (Phi) is 5.53. The first-order valence-electron chi connectivity index (χ1n) is 8.92. The Morgan fingerprint density at radius 3 is 2.56 bits per heavy atom. The molecule has 0 radical (unpaired) electrons. The number of oxime groups is 1. The average molecular weight is 342 g/mol. The van der Waals surface area contributed by atoms with Crippen molar-refractivity contribution in [2.45, 2.75) is 45.1 Å². The van der Waals surface area contributed by atoms with Crippen molar-refractivity contribution >= 4 is 16.6 Å². The molecule has 0 atom stereocenters. The Balaban J connectivity index is 1.92. The van der Waals surface area contributed by atoms with Crippen LogP contribution in [-0.2, 0) is 11.2 Å². The molecule has 1 aromatic heterocycles. The highest BCUT2D eigenvalue weighted by Gasteiger charge is 2.26. The number of methoxy groups -OCH3 is 2. The van der Waals surface area contributed by atoms with E-state index in [-0.39, 0.29) is 5.92 Å². The van der Waals surface area contributed by atoms with Crippen LogP contribution < -0.4 is 4.74 Å². The Hall–Kier alpha value is -2.14. The second kappa shape index (κ2) is 7.83. The number of nitrogens with zero attached hydrogens (tertiary/aromatic N) is 2. The molecule has 3 rings (SSSR count). The van der Waals surface area contributed by atoms with Gasteiger partial charge in [-0.25, -0.2) is 4.98 Å². The van der Waals surface area contributed by atoms with Gasteiger partial charge < -0.3 is 14.7 Å². The average Bonchev–Trinajstić information content (AvgIpc) is 2.67. The van der Waals surface area contributed by atoms with Gasteiger partial charge in [0, 0.05) is 29.5 Å². The Bertz CT molecular complexity index is 765. The Morgan fingerprint density at radius 2 is 1.96 bits per heavy atom. The van der Waals surface area contributed by atoms with Crippen LogP contribution in [0.1, 0.15) is 43.7 Å². The van der Waals surface area contributed by atoms with Gasteiger partial charge in [0.15, 0.2) is 0 Å². The molecule has 1 N–H and O–H groups in total. The van der Waals surface area contributed by atoms with Gasteiger partial charge in [0.1, 0.15) is 0 Å². The van der Waals surface area contributed by atoms with Crippen LogP contribution >= 0.6 is 0 Å². The van der Waals surface area contributed by atoms with Crippen molar-refractivity contribution in [3.05, 3.63) is 35.4 Å². The SMILES string of the molecule is CCc1cc2cc(/C(=N\O)C3CCC(OC)CC3)ccc2nc1OC. The van der Waals surface area contributed by atoms with Gasteiger partial charge >= 0.3 is 0 Å². The third kappa shape index (κ3) is 3.61. The van der Waals surface area contributed by atoms with Crippen molar-refractivity contribution in [2.24, 2.45) is 11.1 Å². The number of hydrogen-bond donors (Lipinski definition) is 1. The van der Waals surface area contributed by atoms with Crippen LogP contribution in [0.15, 0.2) is 29.4 Å². The number of aryl methyl sites for hydroxylation is 1. The van der Waals surface area contributed by atoms with E-state index >= 15 is 0 Å². The normalized spacial score (nSPS) is 21.5. The molecule has 1 aliphatic rings. The monoisotopic (exact) mass is 342 g/mol. The number of fused-ring (bicyclic) bond motifs is 1. The summed E-state index contributed by atoms with van der Waals surface area (Å²) in [7, 11) is 3.41. The molecule has 1 heterocycles. The highest BCUT2D eigenvalue weighted by Crippen LogP contribution is 2.30. The zero-order valence-electron chi connectivity index (χ0n) is 15.2. The summed E-state index contributed by atoms with van der Waals surface area (Å²) in [6, 6.07) is 8.14. The van der Waals surface area contributed by atoms with Crippen LogP contribution in [-0.4, -0.2) is 36.2 Å². The van der Waals surface area contributed by atoms with Crippen molar-refractivity contribution in [3.63, 3.8) is 0 Å². The molecule has 0 saturated heterocycles. The molecule has 1 aromatic carbocycles. The van der Waals surface area contributed by atoms with Crippen molar-refractivity contribution in [2.75, 3.05) is 14.2 Å². The largest absolute Gasteiger partial charge is 0.481 e. The number of pyridine rings is 1. The van der Waals surface area contributed by atoms with E-state index in [9.17, 15) is 5.21 Å². The lowest BCUT2D eigenvalue weighted by Gasteiger charge is -2.28. The van der Waals surface area contributed by atoms with Crippen molar-refractivity contribution in [1.29, 1.82) is 0 Å². The topological polar surface area (TPSA) is 63.9 Å². The smallest absolute Gasteiger partial charge is 0.216 e. The second-order valence-electron chi connectivity index (χ2n) is 6.61. The third-order valence-corrected chi connectivity index (χ3v) is 5.23. The highest BCUT2D eigenvalue weighted by atomic mass is 16.5. The molecular weight excluding hydrogens is 316 g/mol. The van der Waals surface area contributed by atoms with Gasteiger partial charge in [-0.15, -0.1) is 0 Å². The summed E-state index contributed by atoms with van der Waals surface area (Å²) >= 11 is 0. The van der Waals surface area contributed by atoms with Crippen LogP contribution in [0.25, 0.3) is 10.9 Å². The van der Waals surface area contributed by atoms with Crippen LogP contribution in [0.5, 0.6) is 5.88 Å². The van der Waals surface area contributed by atoms with E-state index in [0.29, 0.717) is 12.0 Å². The number of aromatic nitrogens is 1. The molecular formula is C20H26N2O3. The zero-order chi connectivity index (χ0) is 17.8. The number of rotatable bonds is 5. The first kappa shape index (κ1) is 17.7. The van der Waals surface area contributed by atoms with Gasteiger partial charge in [-0.3, -0.25) is 0 Å². The molecule has 0 unspecified atom stereocenters. The molecule has 5 nitrogen and oxygen atoms in total. The van der Waals surface area contributed by atoms with E-state index in [4.69, 9.17) is 9.47 Å². The summed E-state index contributed by atoms with van der Waals surface area (Å²) in [5.74, 6) is 0.947.